The van der Waals surface area contributed by atoms with Gasteiger partial charge < -0.3 is 10.0 Å². The molecule has 0 radical (unpaired) electrons. The highest BCUT2D eigenvalue weighted by atomic mass is 32.2. The van der Waals surface area contributed by atoms with E-state index < -0.39 is 11.9 Å². The van der Waals surface area contributed by atoms with Gasteiger partial charge in [-0.1, -0.05) is 6.92 Å². The first kappa shape index (κ1) is 15.3. The maximum atomic E-state index is 12.4. The molecule has 0 aliphatic heterocycles. The van der Waals surface area contributed by atoms with Gasteiger partial charge in [-0.2, -0.15) is 11.8 Å². The summed E-state index contributed by atoms with van der Waals surface area (Å²) in [5.74, 6) is -0.480. The summed E-state index contributed by atoms with van der Waals surface area (Å²) in [6.07, 6.45) is 3.33. The fraction of sp³-hybridized carbons (Fsp3) is 0.846. The number of amides is 1. The van der Waals surface area contributed by atoms with Gasteiger partial charge in [-0.25, -0.2) is 0 Å². The molecule has 0 bridgehead atoms. The quantitative estimate of drug-likeness (QED) is 0.831. The van der Waals surface area contributed by atoms with Gasteiger partial charge in [-0.3, -0.25) is 9.59 Å². The number of carbonyl (C=O) groups is 2. The molecule has 1 amide bonds. The number of carboxylic acid groups (broad SMARTS) is 1. The van der Waals surface area contributed by atoms with E-state index in [9.17, 15) is 14.7 Å². The molecule has 4 nitrogen and oxygen atoms in total. The topological polar surface area (TPSA) is 57.6 Å². The van der Waals surface area contributed by atoms with Gasteiger partial charge in [0, 0.05) is 18.8 Å². The van der Waals surface area contributed by atoms with E-state index in [1.807, 2.05) is 20.1 Å². The molecule has 0 spiro atoms. The van der Waals surface area contributed by atoms with Crippen molar-refractivity contribution in [2.45, 2.75) is 32.7 Å². The van der Waals surface area contributed by atoms with Crippen LogP contribution in [0.1, 0.15) is 26.7 Å². The average molecular weight is 273 g/mol. The Morgan fingerprint density at radius 3 is 2.44 bits per heavy atom. The second kappa shape index (κ2) is 6.45. The van der Waals surface area contributed by atoms with Crippen molar-refractivity contribution >= 4 is 23.6 Å². The summed E-state index contributed by atoms with van der Waals surface area (Å²) in [6.45, 7) is 4.02. The summed E-state index contributed by atoms with van der Waals surface area (Å²) in [5.41, 5.74) is 0. The molecule has 104 valence electrons. The van der Waals surface area contributed by atoms with Crippen LogP contribution in [0.25, 0.3) is 0 Å². The van der Waals surface area contributed by atoms with Gasteiger partial charge in [-0.15, -0.1) is 0 Å². The van der Waals surface area contributed by atoms with Crippen LogP contribution in [0.15, 0.2) is 0 Å². The van der Waals surface area contributed by atoms with Crippen molar-refractivity contribution < 1.29 is 14.7 Å². The lowest BCUT2D eigenvalue weighted by Gasteiger charge is -2.28. The number of thioether (sulfide) groups is 1. The molecule has 5 heteroatoms. The Hall–Kier alpha value is -0.710. The van der Waals surface area contributed by atoms with Crippen LogP contribution >= 0.6 is 11.8 Å². The zero-order valence-electron chi connectivity index (χ0n) is 11.5. The van der Waals surface area contributed by atoms with E-state index in [-0.39, 0.29) is 17.9 Å². The molecule has 0 heterocycles. The number of carboxylic acids is 1. The number of hydrogen-bond acceptors (Lipinski definition) is 3. The van der Waals surface area contributed by atoms with Crippen LogP contribution in [-0.4, -0.2) is 47.0 Å². The highest BCUT2D eigenvalue weighted by Crippen LogP contribution is 2.37. The second-order valence-corrected chi connectivity index (χ2v) is 6.29. The number of carbonyl (C=O) groups excluding carboxylic acids is 1. The van der Waals surface area contributed by atoms with Crippen molar-refractivity contribution in [1.29, 1.82) is 0 Å². The third-order valence-electron chi connectivity index (χ3n) is 3.85. The van der Waals surface area contributed by atoms with Crippen molar-refractivity contribution in [3.05, 3.63) is 0 Å². The normalized spacial score (nSPS) is 29.0. The Labute approximate surface area is 113 Å². The van der Waals surface area contributed by atoms with Gasteiger partial charge in [0.25, 0.3) is 0 Å². The maximum absolute atomic E-state index is 12.4. The first-order valence-corrected chi connectivity index (χ1v) is 7.76. The smallest absolute Gasteiger partial charge is 0.307 e. The fourth-order valence-corrected chi connectivity index (χ4v) is 3.38. The number of rotatable bonds is 5. The van der Waals surface area contributed by atoms with Crippen molar-refractivity contribution in [3.63, 3.8) is 0 Å². The van der Waals surface area contributed by atoms with Gasteiger partial charge in [0.2, 0.25) is 5.91 Å². The van der Waals surface area contributed by atoms with Crippen LogP contribution in [0.2, 0.25) is 0 Å². The Morgan fingerprint density at radius 1 is 1.39 bits per heavy atom. The summed E-state index contributed by atoms with van der Waals surface area (Å²) in [4.78, 5) is 25.3. The van der Waals surface area contributed by atoms with Crippen molar-refractivity contribution in [1.82, 2.24) is 4.90 Å². The third-order valence-corrected chi connectivity index (χ3v) is 4.67. The van der Waals surface area contributed by atoms with Gasteiger partial charge in [0.1, 0.15) is 0 Å². The molecule has 4 unspecified atom stereocenters. The molecule has 0 aromatic heterocycles. The Balaban J connectivity index is 2.73. The van der Waals surface area contributed by atoms with Crippen molar-refractivity contribution in [2.75, 3.05) is 19.1 Å². The highest BCUT2D eigenvalue weighted by Gasteiger charge is 2.42. The van der Waals surface area contributed by atoms with Crippen LogP contribution in [0.5, 0.6) is 0 Å². The Bertz CT molecular complexity index is 321. The second-order valence-electron chi connectivity index (χ2n) is 5.38. The van der Waals surface area contributed by atoms with E-state index in [1.54, 1.807) is 23.7 Å². The minimum atomic E-state index is -0.830. The minimum absolute atomic E-state index is 0.00620. The molecule has 1 fully saturated rings. The lowest BCUT2D eigenvalue weighted by molar-refractivity contribution is -0.149. The molecular weight excluding hydrogens is 250 g/mol. The van der Waals surface area contributed by atoms with Crippen LogP contribution in [0.3, 0.4) is 0 Å². The van der Waals surface area contributed by atoms with E-state index in [1.165, 1.54) is 0 Å². The molecule has 1 rings (SSSR count). The van der Waals surface area contributed by atoms with E-state index in [0.29, 0.717) is 18.8 Å². The van der Waals surface area contributed by atoms with Crippen molar-refractivity contribution in [2.24, 2.45) is 17.8 Å². The lowest BCUT2D eigenvalue weighted by Crippen LogP contribution is -2.42. The van der Waals surface area contributed by atoms with Gasteiger partial charge in [-0.05, 0) is 31.9 Å². The van der Waals surface area contributed by atoms with E-state index >= 15 is 0 Å². The molecule has 4 atom stereocenters. The zero-order valence-corrected chi connectivity index (χ0v) is 12.4. The number of nitrogens with zero attached hydrogens (tertiary/aromatic N) is 1. The molecule has 18 heavy (non-hydrogen) atoms. The third kappa shape index (κ3) is 3.40. The first-order valence-electron chi connectivity index (χ1n) is 6.36. The molecule has 1 aliphatic carbocycles. The SMILES string of the molecule is CSCC(C)N(C)C(=O)C1CC(C)CC1C(=O)O. The largest absolute Gasteiger partial charge is 0.481 e. The van der Waals surface area contributed by atoms with Crippen LogP contribution < -0.4 is 0 Å². The summed E-state index contributed by atoms with van der Waals surface area (Å²) in [7, 11) is 1.78. The predicted molar refractivity (Wildman–Crippen MR) is 73.6 cm³/mol. The van der Waals surface area contributed by atoms with Crippen molar-refractivity contribution in [3.8, 4) is 0 Å². The van der Waals surface area contributed by atoms with Crippen LogP contribution in [0.4, 0.5) is 0 Å². The zero-order chi connectivity index (χ0) is 13.9. The van der Waals surface area contributed by atoms with Gasteiger partial charge in [0.15, 0.2) is 0 Å². The maximum Gasteiger partial charge on any atom is 0.307 e. The highest BCUT2D eigenvalue weighted by molar-refractivity contribution is 7.98. The lowest BCUT2D eigenvalue weighted by atomic mass is 9.94. The minimum Gasteiger partial charge on any atom is -0.481 e. The van der Waals surface area contributed by atoms with E-state index in [2.05, 4.69) is 0 Å². The van der Waals surface area contributed by atoms with Gasteiger partial charge in [0.05, 0.1) is 11.8 Å². The summed E-state index contributed by atoms with van der Waals surface area (Å²) in [5, 5.41) is 9.20. The first-order chi connectivity index (χ1) is 8.38. The molecule has 0 aromatic rings. The monoisotopic (exact) mass is 273 g/mol. The van der Waals surface area contributed by atoms with E-state index in [0.717, 1.165) is 5.75 Å². The number of aliphatic carboxylic acids is 1. The molecule has 0 saturated heterocycles. The Kier molecular flexibility index (Phi) is 5.50. The average Bonchev–Trinajstić information content (AvgIpc) is 2.69. The standard InChI is InChI=1S/C13H23NO3S/c1-8-5-10(11(6-8)13(16)17)12(15)14(3)9(2)7-18-4/h8-11H,5-7H2,1-4H3,(H,16,17). The molecule has 1 saturated carbocycles. The molecule has 0 aromatic carbocycles. The van der Waals surface area contributed by atoms with Gasteiger partial charge >= 0.3 is 5.97 Å². The summed E-state index contributed by atoms with van der Waals surface area (Å²) >= 11 is 1.70. The molecule has 1 aliphatic rings. The van der Waals surface area contributed by atoms with E-state index in [4.69, 9.17) is 0 Å². The summed E-state index contributed by atoms with van der Waals surface area (Å²) < 4.78 is 0. The van der Waals surface area contributed by atoms with Crippen LogP contribution in [-0.2, 0) is 9.59 Å². The summed E-state index contributed by atoms with van der Waals surface area (Å²) in [6, 6.07) is 0.151. The fourth-order valence-electron chi connectivity index (χ4n) is 2.67. The van der Waals surface area contributed by atoms with Crippen LogP contribution in [0, 0.1) is 17.8 Å². The number of hydrogen-bond donors (Lipinski definition) is 1. The molecular formula is C13H23NO3S. The Morgan fingerprint density at radius 2 is 1.94 bits per heavy atom. The predicted octanol–water partition coefficient (Wildman–Crippen LogP) is 1.94. The molecule has 1 N–H and O–H groups in total.